The van der Waals surface area contributed by atoms with E-state index < -0.39 is 47.3 Å². The lowest BCUT2D eigenvalue weighted by atomic mass is 9.95. The SMILES string of the molecule is CC(C(=O)OC(C)[C@H](NC(=O)OC(C)(C)C)C(=O)OC(C)(C)C)c1cccc(C(=O)c2ccccc2)c1. The smallest absolute Gasteiger partial charge is 0.408 e. The van der Waals surface area contributed by atoms with Crippen LogP contribution in [-0.4, -0.2) is 47.2 Å². The molecule has 0 aliphatic rings. The highest BCUT2D eigenvalue weighted by Crippen LogP contribution is 2.22. The summed E-state index contributed by atoms with van der Waals surface area (Å²) in [5.41, 5.74) is -0.0631. The Labute approximate surface area is 218 Å². The van der Waals surface area contributed by atoms with Gasteiger partial charge in [-0.15, -0.1) is 0 Å². The van der Waals surface area contributed by atoms with Crippen LogP contribution in [-0.2, 0) is 23.8 Å². The number of benzene rings is 2. The fraction of sp³-hybridized carbons (Fsp3) is 0.448. The van der Waals surface area contributed by atoms with Crippen molar-refractivity contribution >= 4 is 23.8 Å². The normalized spacial score (nSPS) is 14.1. The molecule has 0 bridgehead atoms. The van der Waals surface area contributed by atoms with Gasteiger partial charge >= 0.3 is 18.0 Å². The molecular formula is C29H37NO7. The Morgan fingerprint density at radius 3 is 1.86 bits per heavy atom. The Bertz CT molecular complexity index is 1110. The van der Waals surface area contributed by atoms with E-state index in [9.17, 15) is 19.2 Å². The molecule has 0 fully saturated rings. The van der Waals surface area contributed by atoms with Gasteiger partial charge in [-0.1, -0.05) is 48.5 Å². The Morgan fingerprint density at radius 1 is 0.730 bits per heavy atom. The molecule has 200 valence electrons. The highest BCUT2D eigenvalue weighted by atomic mass is 16.6. The van der Waals surface area contributed by atoms with Crippen LogP contribution in [0.3, 0.4) is 0 Å². The van der Waals surface area contributed by atoms with Crippen LogP contribution in [0.2, 0.25) is 0 Å². The molecule has 1 amide bonds. The quantitative estimate of drug-likeness (QED) is 0.295. The highest BCUT2D eigenvalue weighted by Gasteiger charge is 2.35. The molecule has 8 heteroatoms. The van der Waals surface area contributed by atoms with Crippen molar-refractivity contribution in [1.29, 1.82) is 0 Å². The molecule has 2 rings (SSSR count). The summed E-state index contributed by atoms with van der Waals surface area (Å²) in [7, 11) is 0. The maximum absolute atomic E-state index is 13.0. The third kappa shape index (κ3) is 9.37. The highest BCUT2D eigenvalue weighted by molar-refractivity contribution is 6.09. The summed E-state index contributed by atoms with van der Waals surface area (Å²) in [6.07, 6.45) is -1.90. The Hall–Kier alpha value is -3.68. The van der Waals surface area contributed by atoms with Crippen molar-refractivity contribution in [2.45, 2.75) is 84.7 Å². The number of esters is 2. The number of amides is 1. The largest absolute Gasteiger partial charge is 0.459 e. The molecule has 1 N–H and O–H groups in total. The van der Waals surface area contributed by atoms with Crippen LogP contribution < -0.4 is 5.32 Å². The van der Waals surface area contributed by atoms with Gasteiger partial charge in [-0.25, -0.2) is 9.59 Å². The maximum Gasteiger partial charge on any atom is 0.408 e. The third-order valence-electron chi connectivity index (χ3n) is 5.14. The summed E-state index contributed by atoms with van der Waals surface area (Å²) in [6, 6.07) is 14.3. The summed E-state index contributed by atoms with van der Waals surface area (Å²) < 4.78 is 16.3. The molecule has 37 heavy (non-hydrogen) atoms. The first-order valence-electron chi connectivity index (χ1n) is 12.2. The number of nitrogens with one attached hydrogen (secondary N) is 1. The molecule has 0 spiro atoms. The number of ether oxygens (including phenoxy) is 3. The second-order valence-electron chi connectivity index (χ2n) is 10.8. The van der Waals surface area contributed by atoms with Crippen molar-refractivity contribution in [3.8, 4) is 0 Å². The minimum atomic E-state index is -1.30. The second kappa shape index (κ2) is 12.0. The number of carbonyl (C=O) groups excluding carboxylic acids is 4. The fourth-order valence-corrected chi connectivity index (χ4v) is 3.36. The summed E-state index contributed by atoms with van der Waals surface area (Å²) in [4.78, 5) is 51.1. The van der Waals surface area contributed by atoms with E-state index in [4.69, 9.17) is 14.2 Å². The molecule has 0 heterocycles. The molecule has 0 aliphatic heterocycles. The Kier molecular flexibility index (Phi) is 9.61. The van der Waals surface area contributed by atoms with Crippen molar-refractivity contribution < 1.29 is 33.4 Å². The number of carbonyl (C=O) groups is 4. The van der Waals surface area contributed by atoms with Crippen molar-refractivity contribution in [3.05, 3.63) is 71.3 Å². The molecular weight excluding hydrogens is 474 g/mol. The summed E-state index contributed by atoms with van der Waals surface area (Å²) in [5.74, 6) is -2.30. The van der Waals surface area contributed by atoms with Gasteiger partial charge in [-0.3, -0.25) is 9.59 Å². The van der Waals surface area contributed by atoms with Gasteiger partial charge in [-0.05, 0) is 67.0 Å². The zero-order valence-electron chi connectivity index (χ0n) is 22.8. The van der Waals surface area contributed by atoms with Gasteiger partial charge in [0.15, 0.2) is 11.8 Å². The van der Waals surface area contributed by atoms with Gasteiger partial charge in [-0.2, -0.15) is 0 Å². The first-order chi connectivity index (χ1) is 17.1. The predicted molar refractivity (Wildman–Crippen MR) is 139 cm³/mol. The van der Waals surface area contributed by atoms with E-state index in [-0.39, 0.29) is 5.78 Å². The molecule has 0 radical (unpaired) electrons. The van der Waals surface area contributed by atoms with Crippen molar-refractivity contribution in [3.63, 3.8) is 0 Å². The van der Waals surface area contributed by atoms with Crippen LogP contribution in [0, 0.1) is 0 Å². The van der Waals surface area contributed by atoms with E-state index in [1.807, 2.05) is 6.07 Å². The molecule has 3 atom stereocenters. The molecule has 8 nitrogen and oxygen atoms in total. The fourth-order valence-electron chi connectivity index (χ4n) is 3.36. The van der Waals surface area contributed by atoms with E-state index in [2.05, 4.69) is 5.32 Å². The van der Waals surface area contributed by atoms with Crippen LogP contribution in [0.4, 0.5) is 4.79 Å². The molecule has 0 saturated carbocycles. The Balaban J connectivity index is 2.19. The van der Waals surface area contributed by atoms with Crippen molar-refractivity contribution in [2.24, 2.45) is 0 Å². The zero-order valence-corrected chi connectivity index (χ0v) is 22.8. The number of ketones is 1. The lowest BCUT2D eigenvalue weighted by Gasteiger charge is -2.29. The van der Waals surface area contributed by atoms with Crippen LogP contribution in [0.25, 0.3) is 0 Å². The molecule has 0 aliphatic carbocycles. The van der Waals surface area contributed by atoms with E-state index in [1.54, 1.807) is 97.0 Å². The van der Waals surface area contributed by atoms with Crippen LogP contribution in [0.15, 0.2) is 54.6 Å². The Morgan fingerprint density at radius 2 is 1.30 bits per heavy atom. The summed E-state index contributed by atoms with van der Waals surface area (Å²) >= 11 is 0. The minimum absolute atomic E-state index is 0.164. The van der Waals surface area contributed by atoms with Crippen molar-refractivity contribution in [1.82, 2.24) is 5.32 Å². The van der Waals surface area contributed by atoms with E-state index in [0.717, 1.165) is 0 Å². The monoisotopic (exact) mass is 511 g/mol. The molecule has 2 aromatic rings. The minimum Gasteiger partial charge on any atom is -0.459 e. The number of alkyl carbamates (subject to hydrolysis) is 1. The maximum atomic E-state index is 13.0. The lowest BCUT2D eigenvalue weighted by molar-refractivity contribution is -0.165. The van der Waals surface area contributed by atoms with Gasteiger partial charge in [0.2, 0.25) is 0 Å². The summed E-state index contributed by atoms with van der Waals surface area (Å²) in [6.45, 7) is 13.3. The van der Waals surface area contributed by atoms with Crippen LogP contribution in [0.5, 0.6) is 0 Å². The topological polar surface area (TPSA) is 108 Å². The first kappa shape index (κ1) is 29.5. The first-order valence-corrected chi connectivity index (χ1v) is 12.2. The van der Waals surface area contributed by atoms with E-state index in [1.165, 1.54) is 6.92 Å². The number of hydrogen-bond acceptors (Lipinski definition) is 7. The second-order valence-corrected chi connectivity index (χ2v) is 10.8. The molecule has 2 unspecified atom stereocenters. The van der Waals surface area contributed by atoms with E-state index >= 15 is 0 Å². The van der Waals surface area contributed by atoms with Gasteiger partial charge in [0.1, 0.15) is 17.3 Å². The molecule has 2 aromatic carbocycles. The third-order valence-corrected chi connectivity index (χ3v) is 5.14. The van der Waals surface area contributed by atoms with Gasteiger partial charge in [0.25, 0.3) is 0 Å². The number of rotatable bonds is 8. The number of hydrogen-bond donors (Lipinski definition) is 1. The average Bonchev–Trinajstić information content (AvgIpc) is 2.79. The van der Waals surface area contributed by atoms with Gasteiger partial charge in [0, 0.05) is 11.1 Å². The zero-order chi connectivity index (χ0) is 28.0. The standard InChI is InChI=1S/C29H37NO7/c1-18(21-15-12-16-22(17-21)24(31)20-13-10-9-11-14-20)25(32)35-19(2)23(26(33)36-28(3,4)5)30-27(34)37-29(6,7)8/h9-19,23H,1-8H3,(H,30,34)/t18?,19?,23-/m0/s1. The lowest BCUT2D eigenvalue weighted by Crippen LogP contribution is -2.52. The van der Waals surface area contributed by atoms with Gasteiger partial charge in [0.05, 0.1) is 5.92 Å². The predicted octanol–water partition coefficient (Wildman–Crippen LogP) is 5.19. The molecule has 0 aromatic heterocycles. The van der Waals surface area contributed by atoms with Gasteiger partial charge < -0.3 is 19.5 Å². The van der Waals surface area contributed by atoms with E-state index in [0.29, 0.717) is 16.7 Å². The van der Waals surface area contributed by atoms with Crippen LogP contribution >= 0.6 is 0 Å². The van der Waals surface area contributed by atoms with Crippen LogP contribution in [0.1, 0.15) is 82.8 Å². The van der Waals surface area contributed by atoms with Crippen molar-refractivity contribution in [2.75, 3.05) is 0 Å². The molecule has 0 saturated heterocycles. The summed E-state index contributed by atoms with van der Waals surface area (Å²) in [5, 5.41) is 2.46. The average molecular weight is 512 g/mol.